The van der Waals surface area contributed by atoms with Gasteiger partial charge < -0.3 is 9.73 Å². The molecule has 0 radical (unpaired) electrons. The van der Waals surface area contributed by atoms with Crippen molar-refractivity contribution in [1.29, 1.82) is 0 Å². The zero-order chi connectivity index (χ0) is 18.1. The first-order valence-corrected chi connectivity index (χ1v) is 9.00. The van der Waals surface area contributed by atoms with Crippen molar-refractivity contribution in [2.75, 3.05) is 5.32 Å². The highest BCUT2D eigenvalue weighted by atomic mass is 35.5. The Morgan fingerprint density at radius 3 is 2.54 bits per heavy atom. The SMILES string of the molecule is O=C(Nc1sc2ccccc2c(=O)c1-c1ccccc1Cl)c1ccco1. The summed E-state index contributed by atoms with van der Waals surface area (Å²) in [7, 11) is 0. The molecule has 0 unspecified atom stereocenters. The minimum absolute atomic E-state index is 0.169. The first-order chi connectivity index (χ1) is 12.6. The molecule has 4 rings (SSSR count). The van der Waals surface area contributed by atoms with E-state index >= 15 is 0 Å². The second-order valence-corrected chi connectivity index (χ2v) is 7.00. The molecular formula is C20H12ClNO3S. The van der Waals surface area contributed by atoms with Crippen molar-refractivity contribution in [2.45, 2.75) is 0 Å². The van der Waals surface area contributed by atoms with Crippen molar-refractivity contribution in [1.82, 2.24) is 0 Å². The molecule has 0 saturated heterocycles. The van der Waals surface area contributed by atoms with E-state index in [1.807, 2.05) is 18.2 Å². The van der Waals surface area contributed by atoms with Gasteiger partial charge >= 0.3 is 0 Å². The van der Waals surface area contributed by atoms with E-state index in [-0.39, 0.29) is 11.2 Å². The Bertz CT molecular complexity index is 1170. The monoisotopic (exact) mass is 381 g/mol. The summed E-state index contributed by atoms with van der Waals surface area (Å²) in [5.41, 5.74) is 0.775. The van der Waals surface area contributed by atoms with E-state index in [2.05, 4.69) is 5.32 Å². The number of carbonyl (C=O) groups is 1. The fourth-order valence-electron chi connectivity index (χ4n) is 2.71. The minimum atomic E-state index is -0.422. The van der Waals surface area contributed by atoms with Crippen LogP contribution >= 0.6 is 22.9 Å². The lowest BCUT2D eigenvalue weighted by molar-refractivity contribution is 0.0997. The van der Waals surface area contributed by atoms with Gasteiger partial charge in [0.2, 0.25) is 0 Å². The van der Waals surface area contributed by atoms with Crippen LogP contribution in [0.3, 0.4) is 0 Å². The molecule has 6 heteroatoms. The largest absolute Gasteiger partial charge is 0.459 e. The first-order valence-electron chi connectivity index (χ1n) is 7.81. The van der Waals surface area contributed by atoms with Crippen molar-refractivity contribution in [3.05, 3.63) is 87.9 Å². The normalized spacial score (nSPS) is 10.8. The van der Waals surface area contributed by atoms with Gasteiger partial charge in [-0.1, -0.05) is 41.9 Å². The maximum atomic E-state index is 13.1. The second-order valence-electron chi connectivity index (χ2n) is 5.54. The van der Waals surface area contributed by atoms with E-state index in [1.54, 1.807) is 42.5 Å². The molecule has 0 atom stereocenters. The van der Waals surface area contributed by atoms with E-state index < -0.39 is 5.91 Å². The van der Waals surface area contributed by atoms with Gasteiger partial charge in [0.1, 0.15) is 5.00 Å². The number of benzene rings is 2. The lowest BCUT2D eigenvalue weighted by atomic mass is 10.1. The predicted octanol–water partition coefficient (Wildman–Crippen LogP) is 5.43. The summed E-state index contributed by atoms with van der Waals surface area (Å²) in [5.74, 6) is -0.253. The lowest BCUT2D eigenvalue weighted by Gasteiger charge is -2.12. The molecule has 0 fully saturated rings. The fourth-order valence-corrected chi connectivity index (χ4v) is 4.03. The van der Waals surface area contributed by atoms with E-state index in [4.69, 9.17) is 16.0 Å². The third-order valence-corrected chi connectivity index (χ3v) is 5.33. The minimum Gasteiger partial charge on any atom is -0.459 e. The van der Waals surface area contributed by atoms with Gasteiger partial charge in [0.05, 0.1) is 11.8 Å². The molecule has 4 nitrogen and oxygen atoms in total. The summed E-state index contributed by atoms with van der Waals surface area (Å²) in [6, 6.07) is 17.6. The van der Waals surface area contributed by atoms with Gasteiger partial charge in [0.15, 0.2) is 11.2 Å². The number of nitrogens with one attached hydrogen (secondary N) is 1. The Kier molecular flexibility index (Phi) is 4.32. The molecule has 4 aromatic rings. The number of fused-ring (bicyclic) bond motifs is 1. The molecule has 0 aliphatic heterocycles. The van der Waals surface area contributed by atoms with Crippen LogP contribution in [-0.4, -0.2) is 5.91 Å². The highest BCUT2D eigenvalue weighted by Crippen LogP contribution is 2.36. The number of amides is 1. The summed E-state index contributed by atoms with van der Waals surface area (Å²) in [4.78, 5) is 25.6. The molecule has 2 aromatic heterocycles. The first kappa shape index (κ1) is 16.6. The van der Waals surface area contributed by atoms with E-state index in [9.17, 15) is 9.59 Å². The number of halogens is 1. The Balaban J connectivity index is 1.95. The van der Waals surface area contributed by atoms with Gasteiger partial charge in [-0.25, -0.2) is 0 Å². The van der Waals surface area contributed by atoms with Gasteiger partial charge in [-0.2, -0.15) is 0 Å². The van der Waals surface area contributed by atoms with Crippen molar-refractivity contribution in [2.24, 2.45) is 0 Å². The summed E-state index contributed by atoms with van der Waals surface area (Å²) >= 11 is 7.65. The van der Waals surface area contributed by atoms with Gasteiger partial charge in [0.25, 0.3) is 5.91 Å². The number of hydrogen-bond donors (Lipinski definition) is 1. The molecule has 0 saturated carbocycles. The number of hydrogen-bond acceptors (Lipinski definition) is 4. The topological polar surface area (TPSA) is 59.3 Å². The van der Waals surface area contributed by atoms with Crippen LogP contribution in [0, 0.1) is 0 Å². The molecule has 26 heavy (non-hydrogen) atoms. The van der Waals surface area contributed by atoms with Crippen LogP contribution in [0.25, 0.3) is 21.2 Å². The lowest BCUT2D eigenvalue weighted by Crippen LogP contribution is -2.15. The molecule has 128 valence electrons. The number of furan rings is 1. The summed E-state index contributed by atoms with van der Waals surface area (Å²) in [6.45, 7) is 0. The molecule has 0 spiro atoms. The molecular weight excluding hydrogens is 370 g/mol. The quantitative estimate of drug-likeness (QED) is 0.515. The summed E-state index contributed by atoms with van der Waals surface area (Å²) < 4.78 is 5.92. The molecule has 0 aliphatic rings. The van der Waals surface area contributed by atoms with Crippen LogP contribution in [0.4, 0.5) is 5.00 Å². The van der Waals surface area contributed by atoms with Gasteiger partial charge in [-0.05, 0) is 30.3 Å². The molecule has 2 aromatic carbocycles. The number of anilines is 1. The van der Waals surface area contributed by atoms with Crippen LogP contribution in [0.15, 0.2) is 76.1 Å². The molecule has 0 bridgehead atoms. The highest BCUT2D eigenvalue weighted by Gasteiger charge is 2.19. The Morgan fingerprint density at radius 1 is 1.00 bits per heavy atom. The Labute approximate surface area is 157 Å². The van der Waals surface area contributed by atoms with Crippen LogP contribution in [0.5, 0.6) is 0 Å². The van der Waals surface area contributed by atoms with E-state index in [0.717, 1.165) is 4.70 Å². The number of rotatable bonds is 3. The molecule has 1 amide bonds. The smallest absolute Gasteiger partial charge is 0.291 e. The third kappa shape index (κ3) is 2.92. The van der Waals surface area contributed by atoms with Crippen molar-refractivity contribution < 1.29 is 9.21 Å². The fraction of sp³-hybridized carbons (Fsp3) is 0. The van der Waals surface area contributed by atoms with Crippen LogP contribution < -0.4 is 10.7 Å². The van der Waals surface area contributed by atoms with Crippen LogP contribution in [0.1, 0.15) is 10.6 Å². The molecule has 1 N–H and O–H groups in total. The molecule has 0 aliphatic carbocycles. The van der Waals surface area contributed by atoms with Gasteiger partial charge in [-0.15, -0.1) is 11.3 Å². The van der Waals surface area contributed by atoms with Crippen molar-refractivity contribution >= 4 is 43.9 Å². The van der Waals surface area contributed by atoms with Crippen LogP contribution in [0.2, 0.25) is 5.02 Å². The second kappa shape index (κ2) is 6.78. The Hall–Kier alpha value is -2.89. The Morgan fingerprint density at radius 2 is 1.77 bits per heavy atom. The molecule has 2 heterocycles. The van der Waals surface area contributed by atoms with Crippen LogP contribution in [-0.2, 0) is 0 Å². The zero-order valence-corrected chi connectivity index (χ0v) is 14.9. The summed E-state index contributed by atoms with van der Waals surface area (Å²) in [5, 5.41) is 4.26. The van der Waals surface area contributed by atoms with Crippen molar-refractivity contribution in [3.8, 4) is 11.1 Å². The highest BCUT2D eigenvalue weighted by molar-refractivity contribution is 7.22. The third-order valence-electron chi connectivity index (χ3n) is 3.91. The maximum Gasteiger partial charge on any atom is 0.291 e. The van der Waals surface area contributed by atoms with E-state index in [0.29, 0.717) is 26.5 Å². The predicted molar refractivity (Wildman–Crippen MR) is 105 cm³/mol. The average molecular weight is 382 g/mol. The maximum absolute atomic E-state index is 13.1. The number of carbonyl (C=O) groups excluding carboxylic acids is 1. The average Bonchev–Trinajstić information content (AvgIpc) is 3.18. The van der Waals surface area contributed by atoms with Crippen molar-refractivity contribution in [3.63, 3.8) is 0 Å². The van der Waals surface area contributed by atoms with E-state index in [1.165, 1.54) is 17.6 Å². The zero-order valence-electron chi connectivity index (χ0n) is 13.4. The van der Waals surface area contributed by atoms with Gasteiger partial charge in [0, 0.05) is 20.7 Å². The standard InChI is InChI=1S/C20H12ClNO3S/c21-14-8-3-1-6-12(14)17-18(23)13-7-2-4-10-16(13)26-20(17)22-19(24)15-9-5-11-25-15/h1-11H,(H,22,24). The summed E-state index contributed by atoms with van der Waals surface area (Å²) in [6.07, 6.45) is 1.42. The van der Waals surface area contributed by atoms with Gasteiger partial charge in [-0.3, -0.25) is 9.59 Å².